The zero-order valence-electron chi connectivity index (χ0n) is 10.4. The third-order valence-electron chi connectivity index (χ3n) is 4.12. The van der Waals surface area contributed by atoms with Crippen LogP contribution in [-0.4, -0.2) is 4.43 Å². The monoisotopic (exact) mass is 352 g/mol. The highest BCUT2D eigenvalue weighted by Gasteiger charge is 2.42. The van der Waals surface area contributed by atoms with Gasteiger partial charge in [-0.1, -0.05) is 40.8 Å². The van der Waals surface area contributed by atoms with Crippen LogP contribution >= 0.6 is 22.6 Å². The zero-order valence-corrected chi connectivity index (χ0v) is 12.6. The van der Waals surface area contributed by atoms with Crippen molar-refractivity contribution in [1.82, 2.24) is 0 Å². The highest BCUT2D eigenvalue weighted by molar-refractivity contribution is 14.1. The van der Waals surface area contributed by atoms with Gasteiger partial charge in [-0.3, -0.25) is 0 Å². The Hall–Kier alpha value is -0.810. The summed E-state index contributed by atoms with van der Waals surface area (Å²) in [4.78, 5) is 0. The summed E-state index contributed by atoms with van der Waals surface area (Å²) in [5, 5.41) is 18.9. The molecule has 0 saturated heterocycles. The maximum Gasteiger partial charge on any atom is 0.168 e. The highest BCUT2D eigenvalue weighted by atomic mass is 127. The number of fused-ring (bicyclic) bond motifs is 1. The summed E-state index contributed by atoms with van der Waals surface area (Å²) in [7, 11) is 0. The lowest BCUT2D eigenvalue weighted by atomic mass is 9.68. The quantitative estimate of drug-likeness (QED) is 0.426. The minimum Gasteiger partial charge on any atom is -0.196 e. The number of halogens is 1. The number of nitriles is 2. The average molecular weight is 352 g/mol. The van der Waals surface area contributed by atoms with Crippen molar-refractivity contribution in [2.24, 2.45) is 17.3 Å². The molecule has 0 amide bonds. The van der Waals surface area contributed by atoms with Crippen molar-refractivity contribution in [2.75, 3.05) is 4.43 Å². The molecule has 2 rings (SSSR count). The van der Waals surface area contributed by atoms with Crippen LogP contribution in [0.3, 0.4) is 0 Å². The summed E-state index contributed by atoms with van der Waals surface area (Å²) in [6.07, 6.45) is 11.5. The third kappa shape index (κ3) is 2.34. The second-order valence-electron chi connectivity index (χ2n) is 5.10. The normalized spacial score (nSPS) is 29.4. The number of alkyl halides is 1. The van der Waals surface area contributed by atoms with Crippen LogP contribution in [0.5, 0.6) is 0 Å². The molecule has 0 aromatic carbocycles. The van der Waals surface area contributed by atoms with Gasteiger partial charge in [-0.25, -0.2) is 0 Å². The fourth-order valence-corrected chi connectivity index (χ4v) is 3.90. The van der Waals surface area contributed by atoms with E-state index in [4.69, 9.17) is 0 Å². The van der Waals surface area contributed by atoms with Crippen LogP contribution in [0.15, 0.2) is 23.8 Å². The van der Waals surface area contributed by atoms with E-state index >= 15 is 0 Å². The van der Waals surface area contributed by atoms with Crippen LogP contribution in [0.4, 0.5) is 0 Å². The van der Waals surface area contributed by atoms with Crippen molar-refractivity contribution in [3.8, 4) is 12.1 Å². The van der Waals surface area contributed by atoms with Gasteiger partial charge in [-0.15, -0.1) is 0 Å². The standard InChI is InChI=1S/C15H17IN2/c16-9-7-12-4-3-8-15(10-17,11-18)14-6-2-1-5-13(12)14/h3-4,6,12-13H,1-2,5,7-9H2/t12-,13-/m0/s1. The zero-order chi connectivity index (χ0) is 13.0. The first-order valence-electron chi connectivity index (χ1n) is 6.53. The van der Waals surface area contributed by atoms with E-state index in [1.54, 1.807) is 0 Å². The Bertz CT molecular complexity index is 436. The lowest BCUT2D eigenvalue weighted by Gasteiger charge is -2.33. The van der Waals surface area contributed by atoms with Gasteiger partial charge in [-0.05, 0) is 43.1 Å². The molecule has 94 valence electrons. The molecule has 2 aliphatic carbocycles. The molecular formula is C15H17IN2. The van der Waals surface area contributed by atoms with Gasteiger partial charge >= 0.3 is 0 Å². The maximum absolute atomic E-state index is 9.47. The smallest absolute Gasteiger partial charge is 0.168 e. The maximum atomic E-state index is 9.47. The minimum atomic E-state index is -0.901. The Balaban J connectivity index is 2.42. The Morgan fingerprint density at radius 2 is 2.17 bits per heavy atom. The second kappa shape index (κ2) is 5.89. The Kier molecular flexibility index (Phi) is 4.45. The van der Waals surface area contributed by atoms with Crippen molar-refractivity contribution in [1.29, 1.82) is 10.5 Å². The summed E-state index contributed by atoms with van der Waals surface area (Å²) in [6.45, 7) is 0. The van der Waals surface area contributed by atoms with Gasteiger partial charge in [0.2, 0.25) is 0 Å². The van der Waals surface area contributed by atoms with Crippen molar-refractivity contribution < 1.29 is 0 Å². The van der Waals surface area contributed by atoms with Gasteiger partial charge in [0, 0.05) is 10.8 Å². The number of allylic oxidation sites excluding steroid dienone is 4. The first-order valence-corrected chi connectivity index (χ1v) is 8.05. The van der Waals surface area contributed by atoms with E-state index in [-0.39, 0.29) is 0 Å². The van der Waals surface area contributed by atoms with Crippen LogP contribution in [0, 0.1) is 39.9 Å². The molecule has 0 spiro atoms. The second-order valence-corrected chi connectivity index (χ2v) is 6.18. The van der Waals surface area contributed by atoms with E-state index in [1.165, 1.54) is 6.42 Å². The summed E-state index contributed by atoms with van der Waals surface area (Å²) >= 11 is 2.41. The Labute approximate surface area is 123 Å². The highest BCUT2D eigenvalue weighted by Crippen LogP contribution is 2.46. The summed E-state index contributed by atoms with van der Waals surface area (Å²) in [5.41, 5.74) is 0.209. The van der Waals surface area contributed by atoms with Crippen molar-refractivity contribution in [3.05, 3.63) is 23.8 Å². The molecule has 3 heteroatoms. The molecule has 0 radical (unpaired) electrons. The molecule has 0 unspecified atom stereocenters. The largest absolute Gasteiger partial charge is 0.196 e. The lowest BCUT2D eigenvalue weighted by Crippen LogP contribution is -2.28. The predicted molar refractivity (Wildman–Crippen MR) is 79.8 cm³/mol. The van der Waals surface area contributed by atoms with Gasteiger partial charge in [0.1, 0.15) is 0 Å². The first kappa shape index (κ1) is 13.6. The average Bonchev–Trinajstić information content (AvgIpc) is 2.58. The van der Waals surface area contributed by atoms with Gasteiger partial charge in [-0.2, -0.15) is 10.5 Å². The van der Waals surface area contributed by atoms with Crippen LogP contribution in [-0.2, 0) is 0 Å². The summed E-state index contributed by atoms with van der Waals surface area (Å²) < 4.78 is 1.13. The fourth-order valence-electron chi connectivity index (χ4n) is 3.18. The number of nitrogens with zero attached hydrogens (tertiary/aromatic N) is 2. The van der Waals surface area contributed by atoms with Crippen LogP contribution < -0.4 is 0 Å². The van der Waals surface area contributed by atoms with E-state index in [9.17, 15) is 10.5 Å². The van der Waals surface area contributed by atoms with E-state index < -0.39 is 5.41 Å². The molecule has 0 aliphatic heterocycles. The first-order chi connectivity index (χ1) is 8.77. The van der Waals surface area contributed by atoms with Crippen LogP contribution in [0.2, 0.25) is 0 Å². The molecule has 0 heterocycles. The fraction of sp³-hybridized carbons (Fsp3) is 0.600. The number of rotatable bonds is 2. The molecule has 18 heavy (non-hydrogen) atoms. The van der Waals surface area contributed by atoms with Crippen molar-refractivity contribution >= 4 is 22.6 Å². The van der Waals surface area contributed by atoms with E-state index in [0.717, 1.165) is 29.3 Å². The molecule has 2 nitrogen and oxygen atoms in total. The summed E-state index contributed by atoms with van der Waals surface area (Å²) in [5.74, 6) is 0.920. The number of hydrogen-bond donors (Lipinski definition) is 0. The van der Waals surface area contributed by atoms with Gasteiger partial charge in [0.25, 0.3) is 0 Å². The molecule has 0 aromatic heterocycles. The van der Waals surface area contributed by atoms with Crippen molar-refractivity contribution in [3.63, 3.8) is 0 Å². The Morgan fingerprint density at radius 3 is 2.83 bits per heavy atom. The van der Waals surface area contributed by atoms with E-state index in [1.807, 2.05) is 0 Å². The molecular weight excluding hydrogens is 335 g/mol. The Morgan fingerprint density at radius 1 is 1.39 bits per heavy atom. The predicted octanol–water partition coefficient (Wildman–Crippen LogP) is 4.15. The molecule has 0 aromatic rings. The topological polar surface area (TPSA) is 47.6 Å². The molecule has 0 fully saturated rings. The number of hydrogen-bond acceptors (Lipinski definition) is 2. The van der Waals surface area contributed by atoms with Gasteiger partial charge in [0.05, 0.1) is 12.1 Å². The molecule has 2 atom stereocenters. The third-order valence-corrected chi connectivity index (χ3v) is 4.75. The van der Waals surface area contributed by atoms with E-state index in [0.29, 0.717) is 18.3 Å². The summed E-state index contributed by atoms with van der Waals surface area (Å²) in [6, 6.07) is 4.57. The van der Waals surface area contributed by atoms with Gasteiger partial charge < -0.3 is 0 Å². The molecule has 2 aliphatic rings. The minimum absolute atomic E-state index is 0.409. The van der Waals surface area contributed by atoms with Crippen LogP contribution in [0.1, 0.15) is 32.1 Å². The SMILES string of the molecule is N#CC1(C#N)CC=C[C@@H](CCI)[C@@H]2CCCC=C21. The molecule has 0 bridgehead atoms. The molecule has 0 saturated carbocycles. The van der Waals surface area contributed by atoms with E-state index in [2.05, 4.69) is 53.0 Å². The van der Waals surface area contributed by atoms with Crippen molar-refractivity contribution in [2.45, 2.75) is 32.1 Å². The van der Waals surface area contributed by atoms with Crippen LogP contribution in [0.25, 0.3) is 0 Å². The van der Waals surface area contributed by atoms with Gasteiger partial charge in [0.15, 0.2) is 5.41 Å². The molecule has 0 N–H and O–H groups in total. The lowest BCUT2D eigenvalue weighted by molar-refractivity contribution is 0.359.